The Balaban J connectivity index is 0.000000286. The Kier molecular flexibility index (Phi) is 11.4. The Morgan fingerprint density at radius 1 is 0.952 bits per heavy atom. The van der Waals surface area contributed by atoms with Gasteiger partial charge in [0.25, 0.3) is 0 Å². The summed E-state index contributed by atoms with van der Waals surface area (Å²) in [6, 6.07) is 10.3. The summed E-state index contributed by atoms with van der Waals surface area (Å²) in [7, 11) is 0. The quantitative estimate of drug-likeness (QED) is 0.505. The van der Waals surface area contributed by atoms with Crippen LogP contribution in [-0.2, 0) is 0 Å². The van der Waals surface area contributed by atoms with Crippen LogP contribution in [0.1, 0.15) is 85.1 Å². The number of rotatable bonds is 1. The maximum Gasteiger partial charge on any atom is -0.0383 e. The molecule has 1 aromatic carbocycles. The molecule has 1 aliphatic carbocycles. The van der Waals surface area contributed by atoms with Gasteiger partial charge in [0.1, 0.15) is 0 Å². The third kappa shape index (κ3) is 15.4. The van der Waals surface area contributed by atoms with Crippen LogP contribution in [-0.4, -0.2) is 0 Å². The molecule has 0 saturated heterocycles. The van der Waals surface area contributed by atoms with Gasteiger partial charge in [-0.2, -0.15) is 0 Å². The molecule has 0 bridgehead atoms. The summed E-state index contributed by atoms with van der Waals surface area (Å²) in [5.74, 6) is 1.04. The van der Waals surface area contributed by atoms with Crippen molar-refractivity contribution in [2.45, 2.75) is 86.5 Å². The zero-order valence-electron chi connectivity index (χ0n) is 15.4. The van der Waals surface area contributed by atoms with Crippen molar-refractivity contribution in [1.82, 2.24) is 0 Å². The SMILES string of the molecule is CC1CCCCC1.CCCC(C)(C)C.Cc1ccccc1. The number of benzene rings is 1. The fourth-order valence-corrected chi connectivity index (χ4v) is 2.59. The minimum atomic E-state index is 0.550. The minimum Gasteiger partial charge on any atom is -0.0654 e. The number of hydrogen-bond acceptors (Lipinski definition) is 0. The van der Waals surface area contributed by atoms with Gasteiger partial charge in [-0.25, -0.2) is 0 Å². The number of aryl methyl sites for hydroxylation is 1. The second-order valence-electron chi connectivity index (χ2n) is 7.71. The van der Waals surface area contributed by atoms with E-state index in [-0.39, 0.29) is 0 Å². The van der Waals surface area contributed by atoms with E-state index >= 15 is 0 Å². The van der Waals surface area contributed by atoms with Crippen molar-refractivity contribution in [3.8, 4) is 0 Å². The van der Waals surface area contributed by atoms with Crippen molar-refractivity contribution in [1.29, 1.82) is 0 Å². The van der Waals surface area contributed by atoms with E-state index < -0.39 is 0 Å². The van der Waals surface area contributed by atoms with E-state index in [0.717, 1.165) is 5.92 Å². The van der Waals surface area contributed by atoms with E-state index in [1.807, 2.05) is 18.2 Å². The summed E-state index contributed by atoms with van der Waals surface area (Å²) in [4.78, 5) is 0. The molecule has 0 heteroatoms. The third-order valence-corrected chi connectivity index (χ3v) is 3.83. The first-order chi connectivity index (χ1) is 9.85. The van der Waals surface area contributed by atoms with Crippen LogP contribution in [0, 0.1) is 18.3 Å². The molecule has 2 rings (SSSR count). The fraction of sp³-hybridized carbons (Fsp3) is 0.714. The van der Waals surface area contributed by atoms with Crippen LogP contribution in [0.25, 0.3) is 0 Å². The summed E-state index contributed by atoms with van der Waals surface area (Å²) < 4.78 is 0. The fourth-order valence-electron chi connectivity index (χ4n) is 2.59. The van der Waals surface area contributed by atoms with Crippen LogP contribution in [0.15, 0.2) is 30.3 Å². The molecule has 0 atom stereocenters. The zero-order valence-corrected chi connectivity index (χ0v) is 15.4. The molecule has 1 saturated carbocycles. The lowest BCUT2D eigenvalue weighted by atomic mass is 9.91. The molecule has 0 unspecified atom stereocenters. The minimum absolute atomic E-state index is 0.550. The first-order valence-corrected chi connectivity index (χ1v) is 8.87. The number of hydrogen-bond donors (Lipinski definition) is 0. The highest BCUT2D eigenvalue weighted by molar-refractivity contribution is 5.11. The molecule has 0 aromatic heterocycles. The lowest BCUT2D eigenvalue weighted by Gasteiger charge is -2.15. The molecule has 0 N–H and O–H groups in total. The first kappa shape index (κ1) is 20.2. The topological polar surface area (TPSA) is 0 Å². The van der Waals surface area contributed by atoms with Gasteiger partial charge < -0.3 is 0 Å². The van der Waals surface area contributed by atoms with Gasteiger partial charge in [0.15, 0.2) is 0 Å². The van der Waals surface area contributed by atoms with Crippen molar-refractivity contribution in [3.63, 3.8) is 0 Å². The smallest absolute Gasteiger partial charge is 0.0383 e. The van der Waals surface area contributed by atoms with Crippen molar-refractivity contribution < 1.29 is 0 Å². The van der Waals surface area contributed by atoms with E-state index in [9.17, 15) is 0 Å². The van der Waals surface area contributed by atoms with Crippen molar-refractivity contribution in [2.24, 2.45) is 11.3 Å². The molecular formula is C21H38. The van der Waals surface area contributed by atoms with Gasteiger partial charge in [-0.1, -0.05) is 109 Å². The van der Waals surface area contributed by atoms with Gasteiger partial charge in [0.05, 0.1) is 0 Å². The predicted molar refractivity (Wildman–Crippen MR) is 97.8 cm³/mol. The molecule has 1 fully saturated rings. The second kappa shape index (κ2) is 11.8. The van der Waals surface area contributed by atoms with Gasteiger partial charge in [-0.05, 0) is 24.7 Å². The van der Waals surface area contributed by atoms with Crippen LogP contribution in [0.4, 0.5) is 0 Å². The first-order valence-electron chi connectivity index (χ1n) is 8.87. The Labute approximate surface area is 134 Å². The normalized spacial score (nSPS) is 15.3. The van der Waals surface area contributed by atoms with Gasteiger partial charge in [-0.15, -0.1) is 0 Å². The van der Waals surface area contributed by atoms with E-state index in [1.165, 1.54) is 50.5 Å². The molecule has 21 heavy (non-hydrogen) atoms. The largest absolute Gasteiger partial charge is 0.0654 e. The summed E-state index contributed by atoms with van der Waals surface area (Å²) in [6.45, 7) is 13.5. The zero-order chi connectivity index (χ0) is 16.1. The van der Waals surface area contributed by atoms with E-state index in [0.29, 0.717) is 5.41 Å². The highest BCUT2D eigenvalue weighted by Gasteiger charge is 2.06. The molecule has 0 heterocycles. The van der Waals surface area contributed by atoms with Crippen LogP contribution in [0.2, 0.25) is 0 Å². The predicted octanol–water partition coefficient (Wildman–Crippen LogP) is 7.41. The van der Waals surface area contributed by atoms with Crippen LogP contribution in [0.3, 0.4) is 0 Å². The van der Waals surface area contributed by atoms with Gasteiger partial charge in [-0.3, -0.25) is 0 Å². The second-order valence-corrected chi connectivity index (χ2v) is 7.71. The Morgan fingerprint density at radius 2 is 1.48 bits per heavy atom. The molecule has 0 spiro atoms. The average molecular weight is 291 g/mol. The lowest BCUT2D eigenvalue weighted by Crippen LogP contribution is -2.02. The molecule has 1 aromatic rings. The summed E-state index contributed by atoms with van der Waals surface area (Å²) >= 11 is 0. The molecule has 122 valence electrons. The highest BCUT2D eigenvalue weighted by Crippen LogP contribution is 2.22. The monoisotopic (exact) mass is 290 g/mol. The maximum atomic E-state index is 2.36. The molecule has 0 aliphatic heterocycles. The van der Waals surface area contributed by atoms with Gasteiger partial charge in [0.2, 0.25) is 0 Å². The van der Waals surface area contributed by atoms with Crippen molar-refractivity contribution in [2.75, 3.05) is 0 Å². The van der Waals surface area contributed by atoms with E-state index in [4.69, 9.17) is 0 Å². The van der Waals surface area contributed by atoms with Crippen LogP contribution in [0.5, 0.6) is 0 Å². The van der Waals surface area contributed by atoms with Gasteiger partial charge in [0, 0.05) is 0 Å². The van der Waals surface area contributed by atoms with Gasteiger partial charge >= 0.3 is 0 Å². The van der Waals surface area contributed by atoms with Crippen molar-refractivity contribution in [3.05, 3.63) is 35.9 Å². The van der Waals surface area contributed by atoms with Crippen LogP contribution < -0.4 is 0 Å². The lowest BCUT2D eigenvalue weighted by molar-refractivity contribution is 0.373. The standard InChI is InChI=1S/C7H14.C7H8.C7H16/c2*1-7-5-3-2-4-6-7;1-5-6-7(2,3)4/h7H,2-6H2,1H3;2-6H,1H3;5-6H2,1-4H3. The Hall–Kier alpha value is -0.780. The molecular weight excluding hydrogens is 252 g/mol. The Bertz CT molecular complexity index is 312. The molecule has 1 aliphatic rings. The highest BCUT2D eigenvalue weighted by atomic mass is 14.1. The third-order valence-electron chi connectivity index (χ3n) is 3.83. The summed E-state index contributed by atoms with van der Waals surface area (Å²) in [5, 5.41) is 0. The molecule has 0 nitrogen and oxygen atoms in total. The Morgan fingerprint density at radius 3 is 1.67 bits per heavy atom. The van der Waals surface area contributed by atoms with Crippen molar-refractivity contribution >= 4 is 0 Å². The molecule has 0 amide bonds. The van der Waals surface area contributed by atoms with Crippen LogP contribution >= 0.6 is 0 Å². The molecule has 0 radical (unpaired) electrons. The van der Waals surface area contributed by atoms with E-state index in [1.54, 1.807) is 0 Å². The summed E-state index contributed by atoms with van der Waals surface area (Å²) in [6.07, 6.45) is 10.1. The average Bonchev–Trinajstić information content (AvgIpc) is 2.40. The van der Waals surface area contributed by atoms with E-state index in [2.05, 4.69) is 53.7 Å². The maximum absolute atomic E-state index is 2.36. The summed E-state index contributed by atoms with van der Waals surface area (Å²) in [5.41, 5.74) is 1.87.